The number of halogens is 3. The first-order chi connectivity index (χ1) is 40.5. The van der Waals surface area contributed by atoms with Crippen molar-refractivity contribution in [2.45, 2.75) is 38.0 Å². The Bertz CT molecular complexity index is 4380. The molecule has 0 N–H and O–H groups in total. The third-order valence-electron chi connectivity index (χ3n) is 17.5. The molecular weight excluding hydrogens is 1020 g/mol. The number of allylic oxidation sites excluding steroid dienone is 7. The Morgan fingerprint density at radius 1 is 0.398 bits per heavy atom. The molecule has 0 saturated carbocycles. The molecule has 11 aromatic rings. The number of rotatable bonds is 11. The van der Waals surface area contributed by atoms with Gasteiger partial charge in [0.2, 0.25) is 0 Å². The molecule has 14 rings (SSSR count). The Morgan fingerprint density at radius 3 is 1.55 bits per heavy atom. The fourth-order valence-electron chi connectivity index (χ4n) is 13.3. The quantitative estimate of drug-likeness (QED) is 0.117. The van der Waals surface area contributed by atoms with Gasteiger partial charge in [-0.05, 0) is 149 Å². The van der Waals surface area contributed by atoms with E-state index in [4.69, 9.17) is 0 Å². The third kappa shape index (κ3) is 8.80. The summed E-state index contributed by atoms with van der Waals surface area (Å²) in [5.41, 5.74) is 18.8. The van der Waals surface area contributed by atoms with Crippen LogP contribution < -0.4 is 4.90 Å². The maximum atomic E-state index is 15.5. The van der Waals surface area contributed by atoms with E-state index in [1.807, 2.05) is 6.07 Å². The highest BCUT2D eigenvalue weighted by Gasteiger charge is 2.48. The van der Waals surface area contributed by atoms with E-state index in [-0.39, 0.29) is 16.4 Å². The number of fused-ring (bicyclic) bond motifs is 4. The fourth-order valence-corrected chi connectivity index (χ4v) is 13.3. The van der Waals surface area contributed by atoms with Gasteiger partial charge >= 0.3 is 0 Å². The zero-order chi connectivity index (χ0) is 56.5. The number of hydrogen-bond donors (Lipinski definition) is 0. The Morgan fingerprint density at radius 2 is 0.940 bits per heavy atom. The molecular formula is C79H58F3N. The first-order valence-corrected chi connectivity index (χ1v) is 28.5. The number of anilines is 2. The molecule has 0 fully saturated rings. The van der Waals surface area contributed by atoms with Gasteiger partial charge in [-0.15, -0.1) is 0 Å². The average molecular weight is 1080 g/mol. The van der Waals surface area contributed by atoms with Gasteiger partial charge in [0.15, 0.2) is 17.5 Å². The molecule has 0 aromatic heterocycles. The fraction of sp³-hybridized carbons (Fsp3) is 0.0886. The van der Waals surface area contributed by atoms with Crippen molar-refractivity contribution in [3.63, 3.8) is 0 Å². The molecule has 3 aliphatic carbocycles. The molecule has 0 aliphatic heterocycles. The van der Waals surface area contributed by atoms with Crippen molar-refractivity contribution >= 4 is 27.7 Å². The first-order valence-electron chi connectivity index (χ1n) is 28.5. The summed E-state index contributed by atoms with van der Waals surface area (Å²) in [6.45, 7) is 6.69. The van der Waals surface area contributed by atoms with Crippen LogP contribution >= 0.6 is 0 Å². The normalized spacial score (nSPS) is 16.3. The first kappa shape index (κ1) is 51.4. The van der Waals surface area contributed by atoms with Crippen LogP contribution in [0.5, 0.6) is 0 Å². The second-order valence-corrected chi connectivity index (χ2v) is 23.1. The maximum absolute atomic E-state index is 15.5. The molecule has 83 heavy (non-hydrogen) atoms. The van der Waals surface area contributed by atoms with Gasteiger partial charge in [-0.3, -0.25) is 0 Å². The van der Waals surface area contributed by atoms with Crippen LogP contribution in [0, 0.1) is 22.9 Å². The van der Waals surface area contributed by atoms with E-state index in [2.05, 4.69) is 293 Å². The lowest BCUT2D eigenvalue weighted by atomic mass is 9.67. The monoisotopic (exact) mass is 1080 g/mol. The average Bonchev–Trinajstić information content (AvgIpc) is 4.24. The van der Waals surface area contributed by atoms with Crippen molar-refractivity contribution in [2.24, 2.45) is 5.41 Å². The van der Waals surface area contributed by atoms with Crippen LogP contribution in [0.2, 0.25) is 0 Å². The summed E-state index contributed by atoms with van der Waals surface area (Å²) in [5.74, 6) is -3.97. The second kappa shape index (κ2) is 20.3. The maximum Gasteiger partial charge on any atom is 0.194 e. The van der Waals surface area contributed by atoms with Crippen molar-refractivity contribution < 1.29 is 13.2 Å². The minimum absolute atomic E-state index is 0.0695. The standard InChI is InChI=1S/C79H58F3N/c1-77(2)45-42-57(51-77)54-28-30-55(31-29-54)74-65(58-49-71(80)76(82)72(81)50-58)38-40-69-75(74)68-37-34-56(48-70(68)79(69,60-22-12-6-13-23-60)61-24-14-7-15-25-61)64-39-41-73(67-27-17-16-26-66(64)67)83(62-35-32-53(33-36-62)52-18-8-4-9-19-52)63-43-46-78(3,47-44-63)59-20-10-5-11-21-59/h4-46,48-51H,47H2,1-3H3. The van der Waals surface area contributed by atoms with E-state index >= 15 is 8.78 Å². The van der Waals surface area contributed by atoms with E-state index < -0.39 is 22.9 Å². The van der Waals surface area contributed by atoms with Crippen LogP contribution in [0.15, 0.2) is 291 Å². The SMILES string of the molecule is CC1(C)C=CC(c2ccc(-c3c(-c4cc(F)c(F)c(F)c4)ccc4c3-c3ccc(-c5ccc(N(C6=CCC(C)(c7ccccc7)C=C6)c6ccc(-c7ccccc7)cc6)c6ccccc56)cc3C4(c3ccccc3)c3ccccc3)cc2)=C1. The molecule has 1 unspecified atom stereocenters. The highest BCUT2D eigenvalue weighted by atomic mass is 19.2. The molecule has 0 radical (unpaired) electrons. The molecule has 0 amide bonds. The van der Waals surface area contributed by atoms with Crippen molar-refractivity contribution in [2.75, 3.05) is 4.90 Å². The summed E-state index contributed by atoms with van der Waals surface area (Å²) < 4.78 is 45.9. The van der Waals surface area contributed by atoms with Gasteiger partial charge in [-0.2, -0.15) is 0 Å². The van der Waals surface area contributed by atoms with Crippen LogP contribution in [0.1, 0.15) is 60.6 Å². The van der Waals surface area contributed by atoms with Gasteiger partial charge in [0.1, 0.15) is 0 Å². The Labute approximate surface area is 484 Å². The topological polar surface area (TPSA) is 3.24 Å². The summed E-state index contributed by atoms with van der Waals surface area (Å²) in [6, 6.07) is 86.4. The van der Waals surface area contributed by atoms with Gasteiger partial charge in [-0.1, -0.05) is 263 Å². The van der Waals surface area contributed by atoms with Crippen LogP contribution in [0.4, 0.5) is 24.5 Å². The van der Waals surface area contributed by atoms with Crippen LogP contribution in [0.3, 0.4) is 0 Å². The lowest BCUT2D eigenvalue weighted by Crippen LogP contribution is -2.28. The van der Waals surface area contributed by atoms with E-state index in [0.717, 1.165) is 119 Å². The molecule has 0 heterocycles. The van der Waals surface area contributed by atoms with Gasteiger partial charge in [-0.25, -0.2) is 13.2 Å². The zero-order valence-corrected chi connectivity index (χ0v) is 46.4. The molecule has 0 bridgehead atoms. The van der Waals surface area contributed by atoms with Gasteiger partial charge in [0.25, 0.3) is 0 Å². The summed E-state index contributed by atoms with van der Waals surface area (Å²) in [5, 5.41) is 2.20. The summed E-state index contributed by atoms with van der Waals surface area (Å²) >= 11 is 0. The highest BCUT2D eigenvalue weighted by molar-refractivity contribution is 6.07. The number of benzene rings is 11. The smallest absolute Gasteiger partial charge is 0.194 e. The van der Waals surface area contributed by atoms with Crippen molar-refractivity contribution in [3.8, 4) is 55.6 Å². The number of nitrogens with zero attached hydrogens (tertiary/aromatic N) is 1. The molecule has 0 spiro atoms. The van der Waals surface area contributed by atoms with E-state index in [1.165, 1.54) is 11.1 Å². The Hall–Kier alpha value is -9.77. The Balaban J connectivity index is 0.979. The van der Waals surface area contributed by atoms with E-state index in [9.17, 15) is 4.39 Å². The van der Waals surface area contributed by atoms with E-state index in [0.29, 0.717) is 5.56 Å². The molecule has 11 aromatic carbocycles. The molecule has 400 valence electrons. The summed E-state index contributed by atoms with van der Waals surface area (Å²) in [4.78, 5) is 2.41. The van der Waals surface area contributed by atoms with Crippen molar-refractivity contribution in [3.05, 3.63) is 342 Å². The summed E-state index contributed by atoms with van der Waals surface area (Å²) in [7, 11) is 0. The predicted molar refractivity (Wildman–Crippen MR) is 338 cm³/mol. The molecule has 1 nitrogen and oxygen atoms in total. The van der Waals surface area contributed by atoms with Crippen LogP contribution in [-0.2, 0) is 10.8 Å². The lowest BCUT2D eigenvalue weighted by molar-refractivity contribution is 0.448. The van der Waals surface area contributed by atoms with Crippen LogP contribution in [-0.4, -0.2) is 0 Å². The zero-order valence-electron chi connectivity index (χ0n) is 46.4. The summed E-state index contributed by atoms with van der Waals surface area (Å²) in [6.07, 6.45) is 14.5. The van der Waals surface area contributed by atoms with Gasteiger partial charge in [0.05, 0.1) is 11.1 Å². The van der Waals surface area contributed by atoms with Gasteiger partial charge in [0, 0.05) is 27.6 Å². The van der Waals surface area contributed by atoms with Crippen LogP contribution in [0.25, 0.3) is 72.0 Å². The molecule has 0 saturated heterocycles. The second-order valence-electron chi connectivity index (χ2n) is 23.1. The molecule has 3 aliphatic rings. The predicted octanol–water partition coefficient (Wildman–Crippen LogP) is 21.2. The number of hydrogen-bond acceptors (Lipinski definition) is 1. The van der Waals surface area contributed by atoms with Crippen molar-refractivity contribution in [1.29, 1.82) is 0 Å². The van der Waals surface area contributed by atoms with E-state index in [1.54, 1.807) is 0 Å². The molecule has 4 heteroatoms. The van der Waals surface area contributed by atoms with Crippen molar-refractivity contribution in [1.82, 2.24) is 0 Å². The third-order valence-corrected chi connectivity index (χ3v) is 17.5. The largest absolute Gasteiger partial charge is 0.310 e. The van der Waals surface area contributed by atoms with Gasteiger partial charge < -0.3 is 4.90 Å². The Kier molecular flexibility index (Phi) is 12.6. The highest BCUT2D eigenvalue weighted by Crippen LogP contribution is 2.61. The minimum Gasteiger partial charge on any atom is -0.310 e. The minimum atomic E-state index is -1.49. The lowest BCUT2D eigenvalue weighted by Gasteiger charge is -2.34. The molecule has 1 atom stereocenters.